The largest absolute Gasteiger partial charge is 0.394 e. The van der Waals surface area contributed by atoms with Crippen LogP contribution in [0.4, 0.5) is 5.13 Å². The third-order valence-electron chi connectivity index (χ3n) is 2.23. The lowest BCUT2D eigenvalue weighted by molar-refractivity contribution is 0.302. The number of anilines is 1. The third-order valence-corrected chi connectivity index (χ3v) is 3.44. The fourth-order valence-corrected chi connectivity index (χ4v) is 2.40. The first-order valence-electron chi connectivity index (χ1n) is 6.06. The van der Waals surface area contributed by atoms with Gasteiger partial charge in [0.2, 0.25) is 0 Å². The van der Waals surface area contributed by atoms with E-state index in [0.29, 0.717) is 16.7 Å². The molecule has 0 radical (unpaired) electrons. The molecule has 4 nitrogen and oxygen atoms in total. The topological polar surface area (TPSA) is 62.4 Å². The van der Waals surface area contributed by atoms with Crippen LogP contribution in [0.5, 0.6) is 0 Å². The second-order valence-corrected chi connectivity index (χ2v) is 4.66. The van der Waals surface area contributed by atoms with Gasteiger partial charge in [-0.1, -0.05) is 43.6 Å². The number of rotatable bonds is 4. The molecule has 6 heteroatoms. The van der Waals surface area contributed by atoms with E-state index in [1.165, 1.54) is 16.3 Å². The van der Waals surface area contributed by atoms with Crippen molar-refractivity contribution >= 4 is 28.1 Å². The Morgan fingerprint density at radius 3 is 2.68 bits per heavy atom. The molecule has 0 bridgehead atoms. The van der Waals surface area contributed by atoms with Crippen molar-refractivity contribution in [2.45, 2.75) is 13.8 Å². The molecule has 2 aromatic rings. The second kappa shape index (κ2) is 8.12. The van der Waals surface area contributed by atoms with Gasteiger partial charge < -0.3 is 5.11 Å². The zero-order valence-corrected chi connectivity index (χ0v) is 12.6. The van der Waals surface area contributed by atoms with Gasteiger partial charge in [0.05, 0.1) is 18.8 Å². The molecule has 0 aliphatic rings. The lowest BCUT2D eigenvalue weighted by Crippen LogP contribution is -2.33. The van der Waals surface area contributed by atoms with Gasteiger partial charge in [-0.15, -0.1) is 11.3 Å². The first kappa shape index (κ1) is 15.9. The molecular weight excluding hydrogens is 282 g/mol. The summed E-state index contributed by atoms with van der Waals surface area (Å²) in [6.07, 6.45) is 0. The predicted octanol–water partition coefficient (Wildman–Crippen LogP) is 3.16. The summed E-state index contributed by atoms with van der Waals surface area (Å²) >= 11 is 7.51. The van der Waals surface area contributed by atoms with E-state index in [1.54, 1.807) is 0 Å². The first-order valence-corrected chi connectivity index (χ1v) is 7.31. The van der Waals surface area contributed by atoms with Crippen molar-refractivity contribution in [3.8, 4) is 11.3 Å². The van der Waals surface area contributed by atoms with Gasteiger partial charge in [-0.05, 0) is 6.07 Å². The maximum absolute atomic E-state index is 8.80. The SMILES string of the molecule is CC.NN(CCO)c1nc(-c2ccccc2Cl)cs1. The number of nitrogens with two attached hydrogens (primary N) is 1. The molecule has 0 amide bonds. The number of aliphatic hydroxyl groups is 1. The third kappa shape index (κ3) is 4.18. The number of benzene rings is 1. The maximum Gasteiger partial charge on any atom is 0.200 e. The van der Waals surface area contributed by atoms with Crippen LogP contribution in [0.25, 0.3) is 11.3 Å². The average molecular weight is 300 g/mol. The van der Waals surface area contributed by atoms with Crippen LogP contribution in [0, 0.1) is 0 Å². The van der Waals surface area contributed by atoms with Gasteiger partial charge in [0.15, 0.2) is 5.13 Å². The highest BCUT2D eigenvalue weighted by Crippen LogP contribution is 2.30. The molecule has 0 saturated heterocycles. The van der Waals surface area contributed by atoms with Crippen molar-refractivity contribution in [3.05, 3.63) is 34.7 Å². The van der Waals surface area contributed by atoms with Crippen LogP contribution in [-0.2, 0) is 0 Å². The standard InChI is InChI=1S/C11H12ClN3OS.C2H6/c12-9-4-2-1-3-8(9)10-7-17-11(14-10)15(13)5-6-16;1-2/h1-4,7,16H,5-6,13H2;1-2H3. The van der Waals surface area contributed by atoms with Gasteiger partial charge in [-0.25, -0.2) is 10.8 Å². The average Bonchev–Trinajstić information content (AvgIpc) is 2.91. The van der Waals surface area contributed by atoms with E-state index in [-0.39, 0.29) is 6.61 Å². The Bertz CT molecular complexity index is 504. The molecule has 1 heterocycles. The summed E-state index contributed by atoms with van der Waals surface area (Å²) in [5.74, 6) is 5.72. The minimum absolute atomic E-state index is 0.00247. The molecular formula is C13H18ClN3OS. The second-order valence-electron chi connectivity index (χ2n) is 3.41. The number of thiazole rings is 1. The summed E-state index contributed by atoms with van der Waals surface area (Å²) in [5, 5.41) is 13.4. The van der Waals surface area contributed by atoms with Crippen molar-refractivity contribution < 1.29 is 5.11 Å². The number of aromatic nitrogens is 1. The summed E-state index contributed by atoms with van der Waals surface area (Å²) in [4.78, 5) is 4.38. The molecule has 3 N–H and O–H groups in total. The Morgan fingerprint density at radius 2 is 2.05 bits per heavy atom. The van der Waals surface area contributed by atoms with Crippen LogP contribution in [0.2, 0.25) is 5.02 Å². The van der Waals surface area contributed by atoms with Crippen molar-refractivity contribution in [2.24, 2.45) is 5.84 Å². The Balaban J connectivity index is 0.000000861. The number of aliphatic hydroxyl groups excluding tert-OH is 1. The molecule has 0 spiro atoms. The van der Waals surface area contributed by atoms with Crippen LogP contribution in [0.3, 0.4) is 0 Å². The van der Waals surface area contributed by atoms with Crippen LogP contribution in [0.1, 0.15) is 13.8 Å². The van der Waals surface area contributed by atoms with Crippen molar-refractivity contribution in [2.75, 3.05) is 18.2 Å². The molecule has 0 aliphatic heterocycles. The summed E-state index contributed by atoms with van der Waals surface area (Å²) in [6.45, 7) is 4.35. The highest BCUT2D eigenvalue weighted by Gasteiger charge is 2.10. The molecule has 1 aromatic carbocycles. The van der Waals surface area contributed by atoms with E-state index in [9.17, 15) is 0 Å². The Hall–Kier alpha value is -1.14. The van der Waals surface area contributed by atoms with Crippen LogP contribution in [0.15, 0.2) is 29.6 Å². The smallest absolute Gasteiger partial charge is 0.200 e. The minimum atomic E-state index is -0.00247. The zero-order chi connectivity index (χ0) is 14.3. The van der Waals surface area contributed by atoms with Gasteiger partial charge in [0, 0.05) is 16.0 Å². The fraction of sp³-hybridized carbons (Fsp3) is 0.308. The van der Waals surface area contributed by atoms with E-state index in [4.69, 9.17) is 22.6 Å². The Morgan fingerprint density at radius 1 is 1.37 bits per heavy atom. The Kier molecular flexibility index (Phi) is 6.80. The summed E-state index contributed by atoms with van der Waals surface area (Å²) in [6, 6.07) is 7.52. The van der Waals surface area contributed by atoms with Crippen molar-refractivity contribution in [3.63, 3.8) is 0 Å². The summed E-state index contributed by atoms with van der Waals surface area (Å²) in [5.41, 5.74) is 1.68. The van der Waals surface area contributed by atoms with Gasteiger partial charge in [0.25, 0.3) is 0 Å². The molecule has 0 unspecified atom stereocenters. The lowest BCUT2D eigenvalue weighted by atomic mass is 10.2. The van der Waals surface area contributed by atoms with Crippen LogP contribution >= 0.6 is 22.9 Å². The van der Waals surface area contributed by atoms with Crippen molar-refractivity contribution in [1.29, 1.82) is 0 Å². The van der Waals surface area contributed by atoms with E-state index >= 15 is 0 Å². The highest BCUT2D eigenvalue weighted by molar-refractivity contribution is 7.14. The zero-order valence-electron chi connectivity index (χ0n) is 11.0. The maximum atomic E-state index is 8.80. The number of halogens is 1. The van der Waals surface area contributed by atoms with Gasteiger partial charge >= 0.3 is 0 Å². The number of hydrazine groups is 1. The van der Waals surface area contributed by atoms with E-state index < -0.39 is 0 Å². The molecule has 0 aliphatic carbocycles. The van der Waals surface area contributed by atoms with Crippen molar-refractivity contribution in [1.82, 2.24) is 4.98 Å². The van der Waals surface area contributed by atoms with Crippen LogP contribution in [-0.4, -0.2) is 23.2 Å². The van der Waals surface area contributed by atoms with E-state index in [2.05, 4.69) is 4.98 Å². The van der Waals surface area contributed by atoms with Gasteiger partial charge in [-0.3, -0.25) is 5.01 Å². The predicted molar refractivity (Wildman–Crippen MR) is 82.5 cm³/mol. The van der Waals surface area contributed by atoms with Crippen LogP contribution < -0.4 is 10.9 Å². The van der Waals surface area contributed by atoms with E-state index in [1.807, 2.05) is 43.5 Å². The monoisotopic (exact) mass is 299 g/mol. The lowest BCUT2D eigenvalue weighted by Gasteiger charge is -2.12. The number of hydrogen-bond donors (Lipinski definition) is 2. The molecule has 0 fully saturated rings. The Labute approximate surface area is 122 Å². The van der Waals surface area contributed by atoms with E-state index in [0.717, 1.165) is 11.3 Å². The normalized spacial score (nSPS) is 9.74. The molecule has 19 heavy (non-hydrogen) atoms. The highest BCUT2D eigenvalue weighted by atomic mass is 35.5. The molecule has 0 saturated carbocycles. The van der Waals surface area contributed by atoms with Gasteiger partial charge in [-0.2, -0.15) is 0 Å². The van der Waals surface area contributed by atoms with Gasteiger partial charge in [0.1, 0.15) is 0 Å². The molecule has 104 valence electrons. The number of hydrogen-bond acceptors (Lipinski definition) is 5. The minimum Gasteiger partial charge on any atom is -0.394 e. The molecule has 1 aromatic heterocycles. The first-order chi connectivity index (χ1) is 9.22. The fourth-order valence-electron chi connectivity index (χ4n) is 1.39. The molecule has 2 rings (SSSR count). The molecule has 0 atom stereocenters. The summed E-state index contributed by atoms with van der Waals surface area (Å²) in [7, 11) is 0. The summed E-state index contributed by atoms with van der Waals surface area (Å²) < 4.78 is 0. The quantitative estimate of drug-likeness (QED) is 0.672. The number of nitrogens with zero attached hydrogens (tertiary/aromatic N) is 2.